The number of rotatable bonds is 3. The largest absolute Gasteiger partial charge is 0.492 e. The maximum absolute atomic E-state index is 6.68. The Morgan fingerprint density at radius 3 is 1.88 bits per heavy atom. The standard InChI is InChI=1S/C14H25Br3O5Si4/c1-23(2)19-24(3,4)21-26(6,14(15,16)17)22-25(5,20-23)12-18-13-10-8-7-9-11-13/h7-11H,12H2,1-6H3. The zero-order valence-electron chi connectivity index (χ0n) is 15.8. The normalized spacial score (nSPS) is 31.7. The van der Waals surface area contributed by atoms with E-state index in [1.54, 1.807) is 0 Å². The lowest BCUT2D eigenvalue weighted by atomic mass is 10.3. The lowest BCUT2D eigenvalue weighted by Crippen LogP contribution is -2.70. The van der Waals surface area contributed by atoms with Gasteiger partial charge in [-0.05, 0) is 51.4 Å². The van der Waals surface area contributed by atoms with E-state index >= 15 is 0 Å². The third-order valence-electron chi connectivity index (χ3n) is 3.56. The molecule has 0 aliphatic carbocycles. The maximum atomic E-state index is 6.68. The number of halogens is 3. The van der Waals surface area contributed by atoms with Crippen LogP contribution in [0.4, 0.5) is 0 Å². The van der Waals surface area contributed by atoms with Crippen molar-refractivity contribution in [2.24, 2.45) is 0 Å². The number of hydrogen-bond donors (Lipinski definition) is 0. The molecule has 0 aromatic heterocycles. The van der Waals surface area contributed by atoms with Crippen LogP contribution in [0, 0.1) is 0 Å². The number of hydrogen-bond acceptors (Lipinski definition) is 5. The summed E-state index contributed by atoms with van der Waals surface area (Å²) in [6.07, 6.45) is 0.355. The topological polar surface area (TPSA) is 46.2 Å². The molecule has 0 bridgehead atoms. The Bertz CT molecular complexity index is 631. The fraction of sp³-hybridized carbons (Fsp3) is 0.571. The van der Waals surface area contributed by atoms with Crippen LogP contribution in [0.25, 0.3) is 0 Å². The minimum atomic E-state index is -2.83. The summed E-state index contributed by atoms with van der Waals surface area (Å²) < 4.78 is 31.5. The molecule has 2 unspecified atom stereocenters. The SMILES string of the molecule is C[Si]1(C)O[Si](C)(C)O[Si](C)(C(Br)(Br)Br)O[Si](C)(COc2ccccc2)O1. The highest BCUT2D eigenvalue weighted by Crippen LogP contribution is 2.47. The predicted molar refractivity (Wildman–Crippen MR) is 124 cm³/mol. The van der Waals surface area contributed by atoms with Crippen molar-refractivity contribution in [1.82, 2.24) is 0 Å². The fourth-order valence-corrected chi connectivity index (χ4v) is 27.3. The van der Waals surface area contributed by atoms with Crippen LogP contribution in [0.1, 0.15) is 0 Å². The van der Waals surface area contributed by atoms with Crippen LogP contribution in [0.5, 0.6) is 5.75 Å². The fourth-order valence-electron chi connectivity index (χ4n) is 2.98. The highest BCUT2D eigenvalue weighted by atomic mass is 80.0. The lowest BCUT2D eigenvalue weighted by molar-refractivity contribution is 0.211. The average Bonchev–Trinajstić information content (AvgIpc) is 2.41. The van der Waals surface area contributed by atoms with E-state index in [9.17, 15) is 0 Å². The Hall–Kier alpha value is 1.17. The van der Waals surface area contributed by atoms with Gasteiger partial charge in [0.15, 0.2) is 1.77 Å². The number of para-hydroxylation sites is 1. The van der Waals surface area contributed by atoms with Crippen molar-refractivity contribution in [2.45, 2.75) is 41.0 Å². The molecule has 0 amide bonds. The van der Waals surface area contributed by atoms with Gasteiger partial charge in [-0.25, -0.2) is 0 Å². The molecule has 0 saturated carbocycles. The van der Waals surface area contributed by atoms with Crippen LogP contribution in [0.2, 0.25) is 39.3 Å². The van der Waals surface area contributed by atoms with Gasteiger partial charge in [0.05, 0.1) is 0 Å². The van der Waals surface area contributed by atoms with Gasteiger partial charge in [0.1, 0.15) is 12.0 Å². The first kappa shape index (κ1) is 23.4. The third kappa shape index (κ3) is 6.34. The summed E-state index contributed by atoms with van der Waals surface area (Å²) in [7, 11) is -10.5. The van der Waals surface area contributed by atoms with E-state index in [1.807, 2.05) is 69.6 Å². The van der Waals surface area contributed by atoms with Crippen LogP contribution in [0.3, 0.4) is 0 Å². The van der Waals surface area contributed by atoms with Crippen molar-refractivity contribution in [3.8, 4) is 5.75 Å². The van der Waals surface area contributed by atoms with Crippen molar-refractivity contribution in [3.63, 3.8) is 0 Å². The van der Waals surface area contributed by atoms with E-state index < -0.39 is 36.0 Å². The van der Waals surface area contributed by atoms with Gasteiger partial charge in [-0.3, -0.25) is 0 Å². The van der Waals surface area contributed by atoms with Crippen LogP contribution in [0.15, 0.2) is 30.3 Å². The van der Waals surface area contributed by atoms with Crippen molar-refractivity contribution in [3.05, 3.63) is 30.3 Å². The molecule has 26 heavy (non-hydrogen) atoms. The smallest absolute Gasteiger partial charge is 0.357 e. The zero-order chi connectivity index (χ0) is 19.9. The molecule has 12 heteroatoms. The highest BCUT2D eigenvalue weighted by Gasteiger charge is 2.61. The van der Waals surface area contributed by atoms with E-state index in [-0.39, 0.29) is 0 Å². The molecule has 1 heterocycles. The van der Waals surface area contributed by atoms with Gasteiger partial charge in [0.2, 0.25) is 0 Å². The Morgan fingerprint density at radius 2 is 1.35 bits per heavy atom. The molecule has 2 atom stereocenters. The van der Waals surface area contributed by atoms with Gasteiger partial charge < -0.3 is 21.2 Å². The number of ether oxygens (including phenoxy) is 1. The molecule has 0 N–H and O–H groups in total. The Balaban J connectivity index is 2.33. The Labute approximate surface area is 185 Å². The van der Waals surface area contributed by atoms with Gasteiger partial charge in [-0.15, -0.1) is 0 Å². The van der Waals surface area contributed by atoms with Gasteiger partial charge in [-0.2, -0.15) is 0 Å². The van der Waals surface area contributed by atoms with Crippen molar-refractivity contribution < 1.29 is 21.2 Å². The molecular weight excluding hydrogens is 600 g/mol. The Kier molecular flexibility index (Phi) is 7.33. The lowest BCUT2D eigenvalue weighted by Gasteiger charge is -2.50. The van der Waals surface area contributed by atoms with Gasteiger partial charge in [-0.1, -0.05) is 66.0 Å². The van der Waals surface area contributed by atoms with Crippen molar-refractivity contribution >= 4 is 82.0 Å². The van der Waals surface area contributed by atoms with E-state index in [1.165, 1.54) is 0 Å². The first-order valence-corrected chi connectivity index (χ1v) is 21.1. The van der Waals surface area contributed by atoms with Gasteiger partial charge >= 0.3 is 34.2 Å². The summed E-state index contributed by atoms with van der Waals surface area (Å²) in [5.41, 5.74) is 0. The van der Waals surface area contributed by atoms with Crippen LogP contribution in [-0.2, 0) is 16.5 Å². The highest BCUT2D eigenvalue weighted by molar-refractivity contribution is 9.40. The average molecular weight is 625 g/mol. The second-order valence-electron chi connectivity index (χ2n) is 7.39. The molecule has 5 nitrogen and oxygen atoms in total. The van der Waals surface area contributed by atoms with E-state index in [0.717, 1.165) is 5.75 Å². The molecule has 1 aliphatic rings. The van der Waals surface area contributed by atoms with E-state index in [0.29, 0.717) is 6.23 Å². The number of benzene rings is 1. The second-order valence-corrected chi connectivity index (χ2v) is 30.4. The molecule has 1 saturated heterocycles. The monoisotopic (exact) mass is 622 g/mol. The minimum absolute atomic E-state index is 0.355. The summed E-state index contributed by atoms with van der Waals surface area (Å²) in [5, 5.41) is 0. The molecular formula is C14H25Br3O5Si4. The molecule has 2 rings (SSSR count). The first-order chi connectivity index (χ1) is 11.7. The predicted octanol–water partition coefficient (Wildman–Crippen LogP) is 5.61. The summed E-state index contributed by atoms with van der Waals surface area (Å²) in [4.78, 5) is 0. The zero-order valence-corrected chi connectivity index (χ0v) is 24.5. The number of alkyl halides is 3. The molecule has 0 spiro atoms. The second kappa shape index (κ2) is 8.12. The van der Waals surface area contributed by atoms with Gasteiger partial charge in [0, 0.05) is 0 Å². The molecule has 1 aromatic carbocycles. The Morgan fingerprint density at radius 1 is 0.808 bits per heavy atom. The van der Waals surface area contributed by atoms with E-state index in [2.05, 4.69) is 47.8 Å². The first-order valence-electron chi connectivity index (χ1n) is 8.21. The maximum Gasteiger partial charge on any atom is 0.357 e. The molecule has 1 fully saturated rings. The van der Waals surface area contributed by atoms with Gasteiger partial charge in [0.25, 0.3) is 0 Å². The summed E-state index contributed by atoms with van der Waals surface area (Å²) in [6, 6.07) is 9.69. The third-order valence-corrected chi connectivity index (χ3v) is 26.2. The van der Waals surface area contributed by atoms with Crippen molar-refractivity contribution in [2.75, 3.05) is 6.23 Å². The summed E-state index contributed by atoms with van der Waals surface area (Å²) in [5.74, 6) is 0.789. The molecule has 1 aromatic rings. The van der Waals surface area contributed by atoms with Crippen LogP contribution >= 0.6 is 47.8 Å². The summed E-state index contributed by atoms with van der Waals surface area (Å²) >= 11 is 10.9. The minimum Gasteiger partial charge on any atom is -0.492 e. The van der Waals surface area contributed by atoms with E-state index in [4.69, 9.17) is 21.2 Å². The molecule has 148 valence electrons. The van der Waals surface area contributed by atoms with Crippen LogP contribution in [-0.4, -0.2) is 42.2 Å². The van der Waals surface area contributed by atoms with Crippen LogP contribution < -0.4 is 4.74 Å². The molecule has 0 radical (unpaired) electrons. The molecule has 1 aliphatic heterocycles. The van der Waals surface area contributed by atoms with Crippen molar-refractivity contribution in [1.29, 1.82) is 0 Å². The quantitative estimate of drug-likeness (QED) is 0.323. The summed E-state index contributed by atoms with van der Waals surface area (Å²) in [6.45, 7) is 12.2.